The third-order valence-corrected chi connectivity index (χ3v) is 3.65. The molecule has 0 bridgehead atoms. The van der Waals surface area contributed by atoms with Crippen LogP contribution in [0.5, 0.6) is 0 Å². The maximum absolute atomic E-state index is 12.9. The van der Waals surface area contributed by atoms with Crippen LogP contribution in [0.25, 0.3) is 0 Å². The maximum Gasteiger partial charge on any atom is 0.124 e. The summed E-state index contributed by atoms with van der Waals surface area (Å²) >= 11 is 0. The van der Waals surface area contributed by atoms with Crippen molar-refractivity contribution in [3.8, 4) is 0 Å². The molecule has 1 unspecified atom stereocenters. The normalized spacial score (nSPS) is 12.4. The molecule has 0 aliphatic carbocycles. The Labute approximate surface area is 101 Å². The SMILES string of the molecule is O=S(Cc1ccc(F)cc1)c1cccc(F)c1. The number of halogens is 2. The van der Waals surface area contributed by atoms with Gasteiger partial charge < -0.3 is 0 Å². The molecule has 17 heavy (non-hydrogen) atoms. The zero-order valence-corrected chi connectivity index (χ0v) is 9.71. The molecule has 0 N–H and O–H groups in total. The van der Waals surface area contributed by atoms with E-state index in [2.05, 4.69) is 0 Å². The van der Waals surface area contributed by atoms with Gasteiger partial charge in [-0.2, -0.15) is 0 Å². The van der Waals surface area contributed by atoms with Gasteiger partial charge in [0.15, 0.2) is 0 Å². The van der Waals surface area contributed by atoms with E-state index in [9.17, 15) is 13.0 Å². The summed E-state index contributed by atoms with van der Waals surface area (Å²) in [6.45, 7) is 0. The first-order valence-electron chi connectivity index (χ1n) is 5.03. The summed E-state index contributed by atoms with van der Waals surface area (Å²) in [5.74, 6) is -0.482. The summed E-state index contributed by atoms with van der Waals surface area (Å²) < 4.78 is 37.5. The Morgan fingerprint density at radius 3 is 2.29 bits per heavy atom. The predicted octanol–water partition coefficient (Wildman–Crippen LogP) is 3.27. The van der Waals surface area contributed by atoms with Crippen molar-refractivity contribution in [2.45, 2.75) is 10.6 Å². The van der Waals surface area contributed by atoms with Crippen LogP contribution in [0.3, 0.4) is 0 Å². The number of hydrogen-bond acceptors (Lipinski definition) is 1. The molecule has 1 atom stereocenters. The quantitative estimate of drug-likeness (QED) is 0.819. The molecule has 0 fully saturated rings. The number of benzene rings is 2. The number of rotatable bonds is 3. The van der Waals surface area contributed by atoms with Crippen molar-refractivity contribution >= 4 is 10.8 Å². The van der Waals surface area contributed by atoms with E-state index in [0.717, 1.165) is 5.56 Å². The Kier molecular flexibility index (Phi) is 3.64. The van der Waals surface area contributed by atoms with Crippen LogP contribution in [0, 0.1) is 11.6 Å². The van der Waals surface area contributed by atoms with Crippen molar-refractivity contribution in [3.63, 3.8) is 0 Å². The zero-order valence-electron chi connectivity index (χ0n) is 8.90. The van der Waals surface area contributed by atoms with Gasteiger partial charge in [0.2, 0.25) is 0 Å². The Morgan fingerprint density at radius 1 is 0.941 bits per heavy atom. The van der Waals surface area contributed by atoms with Gasteiger partial charge >= 0.3 is 0 Å². The van der Waals surface area contributed by atoms with Crippen molar-refractivity contribution in [2.24, 2.45) is 0 Å². The molecule has 0 saturated heterocycles. The molecule has 2 aromatic rings. The smallest absolute Gasteiger partial charge is 0.124 e. The van der Waals surface area contributed by atoms with E-state index in [-0.39, 0.29) is 11.6 Å². The molecule has 88 valence electrons. The fourth-order valence-corrected chi connectivity index (χ4v) is 2.56. The van der Waals surface area contributed by atoms with Crippen LogP contribution in [0.1, 0.15) is 5.56 Å². The summed E-state index contributed by atoms with van der Waals surface area (Å²) in [6, 6.07) is 11.5. The fraction of sp³-hybridized carbons (Fsp3) is 0.0769. The van der Waals surface area contributed by atoms with Crippen LogP contribution in [0.2, 0.25) is 0 Å². The lowest BCUT2D eigenvalue weighted by molar-refractivity contribution is 0.622. The summed E-state index contributed by atoms with van der Waals surface area (Å²) in [6.07, 6.45) is 0. The minimum absolute atomic E-state index is 0.254. The van der Waals surface area contributed by atoms with E-state index in [1.165, 1.54) is 30.3 Å². The molecular formula is C13H10F2OS. The van der Waals surface area contributed by atoms with Crippen molar-refractivity contribution in [2.75, 3.05) is 0 Å². The first-order valence-corrected chi connectivity index (χ1v) is 6.35. The molecule has 1 nitrogen and oxygen atoms in total. The van der Waals surface area contributed by atoms with Gasteiger partial charge in [-0.25, -0.2) is 8.78 Å². The van der Waals surface area contributed by atoms with Gasteiger partial charge in [0.05, 0.1) is 16.6 Å². The van der Waals surface area contributed by atoms with Gasteiger partial charge in [0.1, 0.15) is 11.6 Å². The molecule has 0 heterocycles. The third kappa shape index (κ3) is 3.20. The molecule has 0 aromatic heterocycles. The van der Waals surface area contributed by atoms with Crippen molar-refractivity contribution in [1.82, 2.24) is 0 Å². The van der Waals surface area contributed by atoms with Crippen LogP contribution in [-0.4, -0.2) is 4.21 Å². The van der Waals surface area contributed by atoms with Gasteiger partial charge in [0.25, 0.3) is 0 Å². The molecular weight excluding hydrogens is 242 g/mol. The average Bonchev–Trinajstić information content (AvgIpc) is 2.32. The molecule has 0 amide bonds. The van der Waals surface area contributed by atoms with Gasteiger partial charge in [0, 0.05) is 4.90 Å². The second-order valence-electron chi connectivity index (χ2n) is 3.57. The first kappa shape index (κ1) is 11.9. The third-order valence-electron chi connectivity index (χ3n) is 2.27. The number of hydrogen-bond donors (Lipinski definition) is 0. The van der Waals surface area contributed by atoms with E-state index in [4.69, 9.17) is 0 Å². The Morgan fingerprint density at radius 2 is 1.65 bits per heavy atom. The highest BCUT2D eigenvalue weighted by Crippen LogP contribution is 2.14. The maximum atomic E-state index is 12.9. The Balaban J connectivity index is 2.14. The lowest BCUT2D eigenvalue weighted by atomic mass is 10.2. The summed E-state index contributed by atoms with van der Waals surface area (Å²) in [4.78, 5) is 0.439. The highest BCUT2D eigenvalue weighted by atomic mass is 32.2. The molecule has 0 aliphatic heterocycles. The van der Waals surface area contributed by atoms with Crippen LogP contribution >= 0.6 is 0 Å². The van der Waals surface area contributed by atoms with E-state index in [1.807, 2.05) is 0 Å². The van der Waals surface area contributed by atoms with Gasteiger partial charge in [-0.15, -0.1) is 0 Å². The summed E-state index contributed by atoms with van der Waals surface area (Å²) in [7, 11) is -1.31. The summed E-state index contributed by atoms with van der Waals surface area (Å²) in [5, 5.41) is 0. The molecule has 0 saturated carbocycles. The Bertz CT molecular complexity index is 537. The van der Waals surface area contributed by atoms with Gasteiger partial charge in [-0.1, -0.05) is 18.2 Å². The minimum atomic E-state index is -1.31. The molecule has 2 rings (SSSR count). The van der Waals surface area contributed by atoms with E-state index in [1.54, 1.807) is 18.2 Å². The molecule has 0 aliphatic rings. The van der Waals surface area contributed by atoms with E-state index < -0.39 is 16.6 Å². The second kappa shape index (κ2) is 5.19. The Hall–Kier alpha value is -1.55. The highest BCUT2D eigenvalue weighted by molar-refractivity contribution is 7.84. The summed E-state index contributed by atoms with van der Waals surface area (Å²) in [5.41, 5.74) is 0.758. The topological polar surface area (TPSA) is 17.1 Å². The van der Waals surface area contributed by atoms with Crippen molar-refractivity contribution in [1.29, 1.82) is 0 Å². The van der Waals surface area contributed by atoms with Crippen molar-refractivity contribution < 1.29 is 13.0 Å². The van der Waals surface area contributed by atoms with Crippen molar-refractivity contribution in [3.05, 3.63) is 65.7 Å². The van der Waals surface area contributed by atoms with Crippen LogP contribution in [0.15, 0.2) is 53.4 Å². The van der Waals surface area contributed by atoms with Gasteiger partial charge in [-0.05, 0) is 35.9 Å². The zero-order chi connectivity index (χ0) is 12.3. The fourth-order valence-electron chi connectivity index (χ4n) is 1.42. The second-order valence-corrected chi connectivity index (χ2v) is 5.02. The largest absolute Gasteiger partial charge is 0.254 e. The predicted molar refractivity (Wildman–Crippen MR) is 62.9 cm³/mol. The average molecular weight is 252 g/mol. The lowest BCUT2D eigenvalue weighted by Gasteiger charge is -2.02. The standard InChI is InChI=1S/C13H10F2OS/c14-11-6-4-10(5-7-11)9-17(16)13-3-1-2-12(15)8-13/h1-8H,9H2. The molecule has 0 spiro atoms. The minimum Gasteiger partial charge on any atom is -0.254 e. The first-order chi connectivity index (χ1) is 8.15. The monoisotopic (exact) mass is 252 g/mol. The van der Waals surface area contributed by atoms with Gasteiger partial charge in [-0.3, -0.25) is 4.21 Å². The van der Waals surface area contributed by atoms with E-state index >= 15 is 0 Å². The van der Waals surface area contributed by atoms with E-state index in [0.29, 0.717) is 4.90 Å². The van der Waals surface area contributed by atoms with Crippen LogP contribution in [-0.2, 0) is 16.6 Å². The lowest BCUT2D eigenvalue weighted by Crippen LogP contribution is -1.97. The van der Waals surface area contributed by atoms with Crippen LogP contribution < -0.4 is 0 Å². The van der Waals surface area contributed by atoms with Crippen LogP contribution in [0.4, 0.5) is 8.78 Å². The molecule has 4 heteroatoms. The highest BCUT2D eigenvalue weighted by Gasteiger charge is 2.06. The molecule has 2 aromatic carbocycles. The molecule has 0 radical (unpaired) electrons.